The summed E-state index contributed by atoms with van der Waals surface area (Å²) in [5, 5.41) is 22.1. The van der Waals surface area contributed by atoms with Gasteiger partial charge >= 0.3 is 12.0 Å². The van der Waals surface area contributed by atoms with E-state index in [9.17, 15) is 18.4 Å². The summed E-state index contributed by atoms with van der Waals surface area (Å²) in [6.45, 7) is -0.0401. The molecule has 0 aromatic heterocycles. The Labute approximate surface area is 113 Å². The lowest BCUT2D eigenvalue weighted by Gasteiger charge is -2.09. The number of halogens is 2. The molecule has 1 aromatic carbocycles. The second-order valence-corrected chi connectivity index (χ2v) is 4.00. The van der Waals surface area contributed by atoms with Gasteiger partial charge in [0.2, 0.25) is 0 Å². The summed E-state index contributed by atoms with van der Waals surface area (Å²) in [6.07, 6.45) is -1.67. The molecule has 0 aliphatic heterocycles. The van der Waals surface area contributed by atoms with Crippen LogP contribution in [0.3, 0.4) is 0 Å². The number of aliphatic hydroxyl groups is 1. The standard InChI is InChI=1S/C12H14F2N2O4/c13-8-2-1-7(5-9(8)14)6-16-12(20)15-4-3-10(17)11(18)19/h1-2,5,10,17H,3-4,6H2,(H,18,19)(H2,15,16,20)/t10-/m0/s1. The number of carbonyl (C=O) groups is 2. The first-order valence-electron chi connectivity index (χ1n) is 5.76. The van der Waals surface area contributed by atoms with Crippen molar-refractivity contribution in [2.45, 2.75) is 19.1 Å². The third-order valence-electron chi connectivity index (χ3n) is 2.43. The molecule has 1 atom stereocenters. The lowest BCUT2D eigenvalue weighted by atomic mass is 10.2. The van der Waals surface area contributed by atoms with Gasteiger partial charge in [-0.3, -0.25) is 0 Å². The van der Waals surface area contributed by atoms with Crippen LogP contribution in [0.15, 0.2) is 18.2 Å². The number of carbonyl (C=O) groups excluding carboxylic acids is 1. The number of aliphatic hydroxyl groups excluding tert-OH is 1. The summed E-state index contributed by atoms with van der Waals surface area (Å²) in [7, 11) is 0. The topological polar surface area (TPSA) is 98.7 Å². The quantitative estimate of drug-likeness (QED) is 0.616. The van der Waals surface area contributed by atoms with Crippen LogP contribution in [-0.4, -0.2) is 34.9 Å². The number of benzene rings is 1. The molecule has 4 N–H and O–H groups in total. The van der Waals surface area contributed by atoms with Crippen LogP contribution < -0.4 is 10.6 Å². The minimum absolute atomic E-state index is 0.00941. The molecular formula is C12H14F2N2O4. The van der Waals surface area contributed by atoms with E-state index < -0.39 is 29.7 Å². The Morgan fingerprint density at radius 3 is 2.50 bits per heavy atom. The average Bonchev–Trinajstić information content (AvgIpc) is 2.40. The molecule has 0 spiro atoms. The van der Waals surface area contributed by atoms with Crippen molar-refractivity contribution in [2.24, 2.45) is 0 Å². The SMILES string of the molecule is O=C(NCC[C@H](O)C(=O)O)NCc1ccc(F)c(F)c1. The zero-order valence-electron chi connectivity index (χ0n) is 10.4. The maximum absolute atomic E-state index is 12.9. The van der Waals surface area contributed by atoms with Crippen molar-refractivity contribution in [1.82, 2.24) is 10.6 Å². The highest BCUT2D eigenvalue weighted by atomic mass is 19.2. The molecule has 0 saturated heterocycles. The number of urea groups is 1. The highest BCUT2D eigenvalue weighted by molar-refractivity contribution is 5.74. The Bertz CT molecular complexity index is 496. The number of aliphatic carboxylic acids is 1. The lowest BCUT2D eigenvalue weighted by Crippen LogP contribution is -2.37. The molecule has 0 fully saturated rings. The first-order valence-corrected chi connectivity index (χ1v) is 5.76. The molecule has 110 valence electrons. The molecule has 1 aromatic rings. The van der Waals surface area contributed by atoms with E-state index in [1.54, 1.807) is 0 Å². The van der Waals surface area contributed by atoms with Crippen LogP contribution in [0, 0.1) is 11.6 Å². The summed E-state index contributed by atoms with van der Waals surface area (Å²) in [5.74, 6) is -3.34. The second kappa shape index (κ2) is 7.39. The zero-order chi connectivity index (χ0) is 15.1. The molecule has 0 heterocycles. The third-order valence-corrected chi connectivity index (χ3v) is 2.43. The van der Waals surface area contributed by atoms with Crippen molar-refractivity contribution in [2.75, 3.05) is 6.54 Å². The van der Waals surface area contributed by atoms with E-state index in [0.29, 0.717) is 5.56 Å². The second-order valence-electron chi connectivity index (χ2n) is 4.00. The van der Waals surface area contributed by atoms with Crippen LogP contribution in [0.5, 0.6) is 0 Å². The molecule has 6 nitrogen and oxygen atoms in total. The third kappa shape index (κ3) is 5.19. The summed E-state index contributed by atoms with van der Waals surface area (Å²) >= 11 is 0. The van der Waals surface area contributed by atoms with Gasteiger partial charge in [0.05, 0.1) is 0 Å². The van der Waals surface area contributed by atoms with E-state index in [0.717, 1.165) is 12.1 Å². The summed E-state index contributed by atoms with van der Waals surface area (Å²) in [4.78, 5) is 21.6. The molecular weight excluding hydrogens is 274 g/mol. The molecule has 0 saturated carbocycles. The van der Waals surface area contributed by atoms with Gasteiger partial charge < -0.3 is 20.8 Å². The van der Waals surface area contributed by atoms with Crippen LogP contribution in [0.4, 0.5) is 13.6 Å². The van der Waals surface area contributed by atoms with Gasteiger partial charge in [0, 0.05) is 19.5 Å². The van der Waals surface area contributed by atoms with Gasteiger partial charge in [-0.25, -0.2) is 18.4 Å². The fourth-order valence-electron chi connectivity index (χ4n) is 1.34. The van der Waals surface area contributed by atoms with Crippen molar-refractivity contribution >= 4 is 12.0 Å². The number of carboxylic acids is 1. The van der Waals surface area contributed by atoms with Gasteiger partial charge in [-0.15, -0.1) is 0 Å². The minimum Gasteiger partial charge on any atom is -0.479 e. The smallest absolute Gasteiger partial charge is 0.332 e. The first-order chi connectivity index (χ1) is 9.40. The number of amides is 2. The lowest BCUT2D eigenvalue weighted by molar-refractivity contribution is -0.146. The Hall–Kier alpha value is -2.22. The van der Waals surface area contributed by atoms with Crippen molar-refractivity contribution in [1.29, 1.82) is 0 Å². The largest absolute Gasteiger partial charge is 0.479 e. The number of hydrogen-bond acceptors (Lipinski definition) is 3. The highest BCUT2D eigenvalue weighted by Gasteiger charge is 2.12. The molecule has 8 heteroatoms. The molecule has 0 bridgehead atoms. The minimum atomic E-state index is -1.54. The predicted molar refractivity (Wildman–Crippen MR) is 64.9 cm³/mol. The van der Waals surface area contributed by atoms with E-state index >= 15 is 0 Å². The van der Waals surface area contributed by atoms with E-state index in [1.807, 2.05) is 0 Å². The van der Waals surface area contributed by atoms with E-state index in [4.69, 9.17) is 10.2 Å². The maximum atomic E-state index is 12.9. The van der Waals surface area contributed by atoms with Crippen molar-refractivity contribution < 1.29 is 28.6 Å². The van der Waals surface area contributed by atoms with E-state index in [1.165, 1.54) is 6.07 Å². The molecule has 0 unspecified atom stereocenters. The van der Waals surface area contributed by atoms with E-state index in [-0.39, 0.29) is 19.5 Å². The summed E-state index contributed by atoms with van der Waals surface area (Å²) in [6, 6.07) is 2.64. The molecule has 0 radical (unpaired) electrons. The van der Waals surface area contributed by atoms with Crippen LogP contribution in [0.25, 0.3) is 0 Å². The van der Waals surface area contributed by atoms with Gasteiger partial charge in [-0.05, 0) is 17.7 Å². The van der Waals surface area contributed by atoms with Gasteiger partial charge in [-0.1, -0.05) is 6.07 Å². The maximum Gasteiger partial charge on any atom is 0.332 e. The summed E-state index contributed by atoms with van der Waals surface area (Å²) in [5.41, 5.74) is 0.379. The molecule has 0 aliphatic carbocycles. The highest BCUT2D eigenvalue weighted by Crippen LogP contribution is 2.08. The fourth-order valence-corrected chi connectivity index (χ4v) is 1.34. The first kappa shape index (κ1) is 15.8. The van der Waals surface area contributed by atoms with Crippen LogP contribution in [-0.2, 0) is 11.3 Å². The number of nitrogens with one attached hydrogen (secondary N) is 2. The van der Waals surface area contributed by atoms with Crippen LogP contribution in [0.1, 0.15) is 12.0 Å². The van der Waals surface area contributed by atoms with Gasteiger partial charge in [0.25, 0.3) is 0 Å². The molecule has 2 amide bonds. The van der Waals surface area contributed by atoms with Gasteiger partial charge in [-0.2, -0.15) is 0 Å². The van der Waals surface area contributed by atoms with Crippen molar-refractivity contribution in [3.63, 3.8) is 0 Å². The van der Waals surface area contributed by atoms with E-state index in [2.05, 4.69) is 10.6 Å². The number of rotatable bonds is 6. The monoisotopic (exact) mass is 288 g/mol. The predicted octanol–water partition coefficient (Wildman–Crippen LogP) is 0.600. The van der Waals surface area contributed by atoms with Gasteiger partial charge in [0.1, 0.15) is 0 Å². The van der Waals surface area contributed by atoms with Crippen LogP contribution in [0.2, 0.25) is 0 Å². The zero-order valence-corrected chi connectivity index (χ0v) is 10.4. The normalized spacial score (nSPS) is 11.8. The molecule has 0 aliphatic rings. The van der Waals surface area contributed by atoms with Crippen LogP contribution >= 0.6 is 0 Å². The molecule has 1 rings (SSSR count). The average molecular weight is 288 g/mol. The molecule has 20 heavy (non-hydrogen) atoms. The van der Waals surface area contributed by atoms with Crippen molar-refractivity contribution in [3.8, 4) is 0 Å². The van der Waals surface area contributed by atoms with Gasteiger partial charge in [0.15, 0.2) is 17.7 Å². The Morgan fingerprint density at radius 1 is 1.20 bits per heavy atom. The van der Waals surface area contributed by atoms with Crippen molar-refractivity contribution in [3.05, 3.63) is 35.4 Å². The number of hydrogen-bond donors (Lipinski definition) is 4. The number of carboxylic acid groups (broad SMARTS) is 1. The Morgan fingerprint density at radius 2 is 1.90 bits per heavy atom. The Kier molecular flexibility index (Phi) is 5.85. The Balaban J connectivity index is 2.29. The fraction of sp³-hybridized carbons (Fsp3) is 0.333. The summed E-state index contributed by atoms with van der Waals surface area (Å²) < 4.78 is 25.5.